The fourth-order valence-electron chi connectivity index (χ4n) is 3.15. The lowest BCUT2D eigenvalue weighted by Crippen LogP contribution is -3.00. The SMILES string of the molecule is COc1ccc2c(c1)cc(C(=O)O)n2Cc1ccc2ccccc2[nH+]1.[Cl-]. The molecule has 0 aliphatic heterocycles. The number of ether oxygens (including phenoxy) is 1. The first-order valence-electron chi connectivity index (χ1n) is 7.96. The fourth-order valence-corrected chi connectivity index (χ4v) is 3.15. The predicted octanol–water partition coefficient (Wildman–Crippen LogP) is 0.368. The Bertz CT molecular complexity index is 1100. The van der Waals surface area contributed by atoms with Gasteiger partial charge in [0.05, 0.1) is 7.11 Å². The van der Waals surface area contributed by atoms with Crippen LogP contribution in [0, 0.1) is 0 Å². The Morgan fingerprint density at radius 2 is 1.88 bits per heavy atom. The van der Waals surface area contributed by atoms with E-state index in [1.54, 1.807) is 17.7 Å². The maximum absolute atomic E-state index is 11.7. The molecule has 0 amide bonds. The molecule has 0 aliphatic carbocycles. The van der Waals surface area contributed by atoms with E-state index < -0.39 is 5.97 Å². The normalized spacial score (nSPS) is 10.7. The Morgan fingerprint density at radius 1 is 1.08 bits per heavy atom. The lowest BCUT2D eigenvalue weighted by atomic mass is 10.2. The third kappa shape index (κ3) is 3.09. The van der Waals surface area contributed by atoms with Crippen molar-refractivity contribution in [1.82, 2.24) is 4.57 Å². The molecule has 2 heterocycles. The Hall–Kier alpha value is -3.05. The summed E-state index contributed by atoms with van der Waals surface area (Å²) in [5.41, 5.74) is 3.08. The molecule has 0 saturated carbocycles. The standard InChI is InChI=1S/C20H16N2O3.ClH/c1-25-16-8-9-18-14(10-16)11-19(20(23)24)22(18)12-15-7-6-13-4-2-3-5-17(13)21-15;/h2-11H,12H2,1H3,(H,23,24);1H. The number of aromatic carboxylic acids is 1. The highest BCUT2D eigenvalue weighted by Gasteiger charge is 2.17. The molecule has 0 radical (unpaired) electrons. The van der Waals surface area contributed by atoms with E-state index in [1.165, 1.54) is 0 Å². The van der Waals surface area contributed by atoms with Crippen molar-refractivity contribution in [3.05, 3.63) is 72.1 Å². The Morgan fingerprint density at radius 3 is 2.65 bits per heavy atom. The highest BCUT2D eigenvalue weighted by atomic mass is 35.5. The van der Waals surface area contributed by atoms with Crippen LogP contribution in [0.25, 0.3) is 21.8 Å². The third-order valence-corrected chi connectivity index (χ3v) is 4.38. The first-order valence-corrected chi connectivity index (χ1v) is 7.96. The zero-order valence-electron chi connectivity index (χ0n) is 14.1. The summed E-state index contributed by atoms with van der Waals surface area (Å²) in [5.74, 6) is -0.241. The van der Waals surface area contributed by atoms with Crippen LogP contribution < -0.4 is 22.1 Å². The van der Waals surface area contributed by atoms with Crippen LogP contribution in [-0.4, -0.2) is 22.8 Å². The molecule has 0 bridgehead atoms. The molecule has 4 aromatic rings. The average Bonchev–Trinajstić information content (AvgIpc) is 2.99. The van der Waals surface area contributed by atoms with Crippen molar-refractivity contribution in [2.24, 2.45) is 0 Å². The van der Waals surface area contributed by atoms with Crippen LogP contribution in [0.4, 0.5) is 0 Å². The predicted molar refractivity (Wildman–Crippen MR) is 95.1 cm³/mol. The van der Waals surface area contributed by atoms with Gasteiger partial charge in [0.2, 0.25) is 5.52 Å². The number of pyridine rings is 1. The number of aromatic nitrogens is 2. The van der Waals surface area contributed by atoms with E-state index >= 15 is 0 Å². The maximum atomic E-state index is 11.7. The highest BCUT2D eigenvalue weighted by Crippen LogP contribution is 2.25. The molecule has 2 aromatic heterocycles. The second kappa shape index (κ2) is 7.06. The molecule has 2 aromatic carbocycles. The number of benzene rings is 2. The molecule has 0 spiro atoms. The number of hydrogen-bond donors (Lipinski definition) is 1. The van der Waals surface area contributed by atoms with Gasteiger partial charge in [-0.25, -0.2) is 9.78 Å². The van der Waals surface area contributed by atoms with Crippen molar-refractivity contribution in [1.29, 1.82) is 0 Å². The molecule has 132 valence electrons. The number of halogens is 1. The second-order valence-corrected chi connectivity index (χ2v) is 5.92. The number of rotatable bonds is 4. The summed E-state index contributed by atoms with van der Waals surface area (Å²) in [5, 5.41) is 11.5. The molecule has 26 heavy (non-hydrogen) atoms. The lowest BCUT2D eigenvalue weighted by molar-refractivity contribution is -0.358. The summed E-state index contributed by atoms with van der Waals surface area (Å²) in [6.45, 7) is 0.447. The molecule has 6 heteroatoms. The van der Waals surface area contributed by atoms with Crippen molar-refractivity contribution < 1.29 is 32.0 Å². The number of para-hydroxylation sites is 1. The second-order valence-electron chi connectivity index (χ2n) is 5.92. The topological polar surface area (TPSA) is 65.6 Å². The number of carboxylic acids is 1. The monoisotopic (exact) mass is 368 g/mol. The number of H-pyrrole nitrogens is 1. The zero-order valence-corrected chi connectivity index (χ0v) is 14.8. The summed E-state index contributed by atoms with van der Waals surface area (Å²) < 4.78 is 7.04. The van der Waals surface area contributed by atoms with Gasteiger partial charge in [-0.1, -0.05) is 12.1 Å². The number of carboxylic acid groups (broad SMARTS) is 1. The molecule has 0 aliphatic rings. The number of methoxy groups -OCH3 is 1. The number of nitrogens with zero attached hydrogens (tertiary/aromatic N) is 1. The van der Waals surface area contributed by atoms with Gasteiger partial charge in [-0.15, -0.1) is 0 Å². The van der Waals surface area contributed by atoms with Gasteiger partial charge in [-0.05, 0) is 36.4 Å². The van der Waals surface area contributed by atoms with Gasteiger partial charge in [0, 0.05) is 28.4 Å². The van der Waals surface area contributed by atoms with E-state index in [4.69, 9.17) is 4.74 Å². The molecule has 0 unspecified atom stereocenters. The molecule has 2 N–H and O–H groups in total. The summed E-state index contributed by atoms with van der Waals surface area (Å²) in [4.78, 5) is 15.1. The third-order valence-electron chi connectivity index (χ3n) is 4.38. The largest absolute Gasteiger partial charge is 1.00 e. The van der Waals surface area contributed by atoms with Gasteiger partial charge in [-0.3, -0.25) is 0 Å². The summed E-state index contributed by atoms with van der Waals surface area (Å²) in [6.07, 6.45) is 0. The van der Waals surface area contributed by atoms with E-state index in [0.29, 0.717) is 12.3 Å². The van der Waals surface area contributed by atoms with E-state index in [0.717, 1.165) is 27.5 Å². The van der Waals surface area contributed by atoms with Gasteiger partial charge >= 0.3 is 5.97 Å². The number of hydrogen-bond acceptors (Lipinski definition) is 2. The van der Waals surface area contributed by atoms with Crippen molar-refractivity contribution in [3.8, 4) is 5.75 Å². The van der Waals surface area contributed by atoms with E-state index in [-0.39, 0.29) is 18.1 Å². The van der Waals surface area contributed by atoms with Crippen LogP contribution in [0.3, 0.4) is 0 Å². The number of nitrogens with one attached hydrogen (secondary N) is 1. The quantitative estimate of drug-likeness (QED) is 0.566. The first-order chi connectivity index (χ1) is 12.2. The van der Waals surface area contributed by atoms with E-state index in [1.807, 2.05) is 54.6 Å². The van der Waals surface area contributed by atoms with Crippen LogP contribution in [0.15, 0.2) is 60.7 Å². The minimum Gasteiger partial charge on any atom is -1.00 e. The minimum absolute atomic E-state index is 0. The van der Waals surface area contributed by atoms with E-state index in [2.05, 4.69) is 4.98 Å². The minimum atomic E-state index is -0.948. The fraction of sp³-hybridized carbons (Fsp3) is 0.100. The van der Waals surface area contributed by atoms with Crippen LogP contribution in [0.2, 0.25) is 0 Å². The number of fused-ring (bicyclic) bond motifs is 2. The summed E-state index contributed by atoms with van der Waals surface area (Å²) in [7, 11) is 1.60. The Labute approximate surface area is 156 Å². The first kappa shape index (κ1) is 17.8. The van der Waals surface area contributed by atoms with Crippen molar-refractivity contribution in [2.45, 2.75) is 6.54 Å². The summed E-state index contributed by atoms with van der Waals surface area (Å²) >= 11 is 0. The molecule has 0 atom stereocenters. The molecular formula is C20H17ClN2O3. The molecule has 4 rings (SSSR count). The lowest BCUT2D eigenvalue weighted by Gasteiger charge is -2.06. The zero-order chi connectivity index (χ0) is 17.4. The van der Waals surface area contributed by atoms with Crippen molar-refractivity contribution >= 4 is 27.8 Å². The van der Waals surface area contributed by atoms with Crippen molar-refractivity contribution in [3.63, 3.8) is 0 Å². The Kier molecular flexibility index (Phi) is 4.82. The van der Waals surface area contributed by atoms with Gasteiger partial charge in [0.15, 0.2) is 5.69 Å². The van der Waals surface area contributed by atoms with Gasteiger partial charge < -0.3 is 26.8 Å². The van der Waals surface area contributed by atoms with Crippen LogP contribution >= 0.6 is 0 Å². The van der Waals surface area contributed by atoms with E-state index in [9.17, 15) is 9.90 Å². The average molecular weight is 369 g/mol. The maximum Gasteiger partial charge on any atom is 0.352 e. The summed E-state index contributed by atoms with van der Waals surface area (Å²) in [6, 6.07) is 19.3. The van der Waals surface area contributed by atoms with Crippen LogP contribution in [0.1, 0.15) is 16.2 Å². The smallest absolute Gasteiger partial charge is 0.352 e. The highest BCUT2D eigenvalue weighted by molar-refractivity contribution is 5.95. The molecular weight excluding hydrogens is 352 g/mol. The van der Waals surface area contributed by atoms with Crippen molar-refractivity contribution in [2.75, 3.05) is 7.11 Å². The molecule has 5 nitrogen and oxygen atoms in total. The number of aromatic amines is 1. The van der Waals surface area contributed by atoms with Gasteiger partial charge in [0.1, 0.15) is 18.0 Å². The van der Waals surface area contributed by atoms with Crippen LogP contribution in [-0.2, 0) is 6.54 Å². The molecule has 0 saturated heterocycles. The van der Waals surface area contributed by atoms with Gasteiger partial charge in [0.25, 0.3) is 0 Å². The number of carbonyl (C=O) groups is 1. The van der Waals surface area contributed by atoms with Crippen LogP contribution in [0.5, 0.6) is 5.75 Å². The molecule has 0 fully saturated rings. The Balaban J connectivity index is 0.00000196. The van der Waals surface area contributed by atoms with Gasteiger partial charge in [-0.2, -0.15) is 0 Å².